The number of anilines is 1. The summed E-state index contributed by atoms with van der Waals surface area (Å²) in [5.74, 6) is 0.325. The van der Waals surface area contributed by atoms with Gasteiger partial charge >= 0.3 is 12.0 Å². The van der Waals surface area contributed by atoms with Gasteiger partial charge in [0.15, 0.2) is 0 Å². The fourth-order valence-corrected chi connectivity index (χ4v) is 4.14. The van der Waals surface area contributed by atoms with Crippen molar-refractivity contribution < 1.29 is 14.3 Å². The summed E-state index contributed by atoms with van der Waals surface area (Å²) in [5, 5.41) is 7.56. The zero-order valence-electron chi connectivity index (χ0n) is 20.6. The van der Waals surface area contributed by atoms with Crippen LogP contribution < -0.4 is 15.8 Å². The monoisotopic (exact) mass is 489 g/mol. The molecule has 1 unspecified atom stereocenters. The van der Waals surface area contributed by atoms with Crippen molar-refractivity contribution in [1.29, 1.82) is 0 Å². The smallest absolute Gasteiger partial charge is 0.318 e. The highest BCUT2D eigenvalue weighted by Crippen LogP contribution is 2.19. The molecule has 4 rings (SSSR count). The molecule has 0 bridgehead atoms. The molecule has 2 heterocycles. The highest BCUT2D eigenvalue weighted by atomic mass is 16.5. The van der Waals surface area contributed by atoms with Crippen LogP contribution in [0.1, 0.15) is 30.5 Å². The number of piperazine rings is 1. The van der Waals surface area contributed by atoms with E-state index in [2.05, 4.69) is 15.3 Å². The van der Waals surface area contributed by atoms with Crippen molar-refractivity contribution in [2.24, 2.45) is 0 Å². The maximum Gasteiger partial charge on any atom is 0.318 e. The summed E-state index contributed by atoms with van der Waals surface area (Å²) in [6.07, 6.45) is 0.0635. The third-order valence-corrected chi connectivity index (χ3v) is 6.13. The number of benzene rings is 2. The van der Waals surface area contributed by atoms with Crippen molar-refractivity contribution in [3.05, 3.63) is 88.2 Å². The van der Waals surface area contributed by atoms with E-state index < -0.39 is 6.04 Å². The lowest BCUT2D eigenvalue weighted by atomic mass is 10.0. The Hall–Kier alpha value is -4.14. The summed E-state index contributed by atoms with van der Waals surface area (Å²) in [7, 11) is 0. The average molecular weight is 490 g/mol. The van der Waals surface area contributed by atoms with E-state index in [9.17, 15) is 14.4 Å². The molecule has 2 amide bonds. The zero-order chi connectivity index (χ0) is 25.5. The van der Waals surface area contributed by atoms with E-state index in [1.54, 1.807) is 17.9 Å². The SMILES string of the molecule is CCOC(=O)CC(NC(=O)N1CCN(c2ccc(=O)n(-c3ccc(C)cc3)n2)CC1)c1ccccc1. The van der Waals surface area contributed by atoms with Gasteiger partial charge < -0.3 is 19.9 Å². The molecule has 188 valence electrons. The summed E-state index contributed by atoms with van der Waals surface area (Å²) in [6, 6.07) is 19.6. The van der Waals surface area contributed by atoms with Gasteiger partial charge in [-0.05, 0) is 37.6 Å². The predicted octanol–water partition coefficient (Wildman–Crippen LogP) is 3.07. The second kappa shape index (κ2) is 11.5. The van der Waals surface area contributed by atoms with Crippen LogP contribution in [0.3, 0.4) is 0 Å². The molecule has 1 saturated heterocycles. The molecule has 1 aromatic heterocycles. The van der Waals surface area contributed by atoms with Crippen LogP contribution in [0.25, 0.3) is 5.69 Å². The Labute approximate surface area is 210 Å². The fourth-order valence-electron chi connectivity index (χ4n) is 4.14. The second-order valence-electron chi connectivity index (χ2n) is 8.67. The molecular weight excluding hydrogens is 458 g/mol. The topological polar surface area (TPSA) is 96.8 Å². The molecule has 1 N–H and O–H groups in total. The molecular formula is C27H31N5O4. The number of nitrogens with one attached hydrogen (secondary N) is 1. The molecule has 0 saturated carbocycles. The molecule has 1 aliphatic rings. The Morgan fingerprint density at radius 3 is 2.33 bits per heavy atom. The molecule has 1 fully saturated rings. The third kappa shape index (κ3) is 6.10. The number of hydrogen-bond acceptors (Lipinski definition) is 6. The second-order valence-corrected chi connectivity index (χ2v) is 8.67. The van der Waals surface area contributed by atoms with E-state index >= 15 is 0 Å². The van der Waals surface area contributed by atoms with E-state index in [1.165, 1.54) is 10.7 Å². The Kier molecular flexibility index (Phi) is 7.99. The molecule has 3 aromatic rings. The summed E-state index contributed by atoms with van der Waals surface area (Å²) < 4.78 is 6.49. The lowest BCUT2D eigenvalue weighted by Gasteiger charge is -2.36. The number of nitrogens with zero attached hydrogens (tertiary/aromatic N) is 4. The van der Waals surface area contributed by atoms with Crippen LogP contribution in [0.5, 0.6) is 0 Å². The Morgan fingerprint density at radius 1 is 0.972 bits per heavy atom. The number of hydrogen-bond donors (Lipinski definition) is 1. The van der Waals surface area contributed by atoms with Gasteiger partial charge in [-0.3, -0.25) is 9.59 Å². The number of amides is 2. The standard InChI is InChI=1S/C27H31N5O4/c1-3-36-26(34)19-23(21-7-5-4-6-8-21)28-27(35)31-17-15-30(16-18-31)24-13-14-25(33)32(29-24)22-11-9-20(2)10-12-22/h4-14,23H,3,15-19H2,1-2H3,(H,28,35). The average Bonchev–Trinajstić information content (AvgIpc) is 2.90. The molecule has 0 aliphatic carbocycles. The van der Waals surface area contributed by atoms with Gasteiger partial charge in [0, 0.05) is 32.2 Å². The zero-order valence-corrected chi connectivity index (χ0v) is 20.6. The summed E-state index contributed by atoms with van der Waals surface area (Å²) in [6.45, 7) is 6.15. The van der Waals surface area contributed by atoms with E-state index in [-0.39, 0.29) is 24.0 Å². The highest BCUT2D eigenvalue weighted by molar-refractivity contribution is 5.77. The van der Waals surface area contributed by atoms with Crippen molar-refractivity contribution in [1.82, 2.24) is 20.0 Å². The van der Waals surface area contributed by atoms with E-state index in [0.29, 0.717) is 44.3 Å². The molecule has 2 aromatic carbocycles. The van der Waals surface area contributed by atoms with Gasteiger partial charge in [0.2, 0.25) is 0 Å². The minimum Gasteiger partial charge on any atom is -0.466 e. The van der Waals surface area contributed by atoms with Gasteiger partial charge in [0.05, 0.1) is 24.8 Å². The molecule has 0 radical (unpaired) electrons. The molecule has 9 nitrogen and oxygen atoms in total. The van der Waals surface area contributed by atoms with E-state index in [1.807, 2.05) is 61.5 Å². The lowest BCUT2D eigenvalue weighted by Crippen LogP contribution is -2.52. The molecule has 0 spiro atoms. The van der Waals surface area contributed by atoms with Gasteiger partial charge in [-0.25, -0.2) is 4.79 Å². The van der Waals surface area contributed by atoms with E-state index in [4.69, 9.17) is 4.74 Å². The number of aromatic nitrogens is 2. The van der Waals surface area contributed by atoms with Crippen molar-refractivity contribution in [3.8, 4) is 5.69 Å². The number of aryl methyl sites for hydroxylation is 1. The van der Waals surface area contributed by atoms with Crippen LogP contribution >= 0.6 is 0 Å². The van der Waals surface area contributed by atoms with Gasteiger partial charge in [-0.15, -0.1) is 5.10 Å². The summed E-state index contributed by atoms with van der Waals surface area (Å²) >= 11 is 0. The highest BCUT2D eigenvalue weighted by Gasteiger charge is 2.26. The van der Waals surface area contributed by atoms with Crippen molar-refractivity contribution in [2.45, 2.75) is 26.3 Å². The number of ether oxygens (including phenoxy) is 1. The first-order valence-corrected chi connectivity index (χ1v) is 12.1. The predicted molar refractivity (Wildman–Crippen MR) is 137 cm³/mol. The first kappa shape index (κ1) is 25.0. The van der Waals surface area contributed by atoms with Gasteiger partial charge in [-0.1, -0.05) is 48.0 Å². The Balaban J connectivity index is 1.40. The summed E-state index contributed by atoms with van der Waals surface area (Å²) in [5.41, 5.74) is 2.46. The molecule has 1 atom stereocenters. The first-order chi connectivity index (χ1) is 17.4. The normalized spacial score (nSPS) is 14.3. The van der Waals surface area contributed by atoms with Crippen molar-refractivity contribution in [2.75, 3.05) is 37.7 Å². The number of urea groups is 1. The first-order valence-electron chi connectivity index (χ1n) is 12.1. The third-order valence-electron chi connectivity index (χ3n) is 6.13. The van der Waals surface area contributed by atoms with Crippen LogP contribution in [0.2, 0.25) is 0 Å². The number of carbonyl (C=O) groups is 2. The number of esters is 1. The van der Waals surface area contributed by atoms with Crippen LogP contribution in [0, 0.1) is 6.92 Å². The van der Waals surface area contributed by atoms with Gasteiger partial charge in [-0.2, -0.15) is 4.68 Å². The number of rotatable bonds is 7. The fraction of sp³-hybridized carbons (Fsp3) is 0.333. The molecule has 9 heteroatoms. The quantitative estimate of drug-likeness (QED) is 0.513. The minimum absolute atomic E-state index is 0.0635. The Morgan fingerprint density at radius 2 is 1.67 bits per heavy atom. The molecule has 36 heavy (non-hydrogen) atoms. The van der Waals surface area contributed by atoms with Crippen LogP contribution in [-0.2, 0) is 9.53 Å². The maximum absolute atomic E-state index is 13.1. The number of carbonyl (C=O) groups excluding carboxylic acids is 2. The maximum atomic E-state index is 13.1. The van der Waals surface area contributed by atoms with E-state index in [0.717, 1.165) is 11.1 Å². The van der Waals surface area contributed by atoms with Crippen LogP contribution in [-0.4, -0.2) is 59.5 Å². The van der Waals surface area contributed by atoms with Crippen molar-refractivity contribution in [3.63, 3.8) is 0 Å². The van der Waals surface area contributed by atoms with Crippen LogP contribution in [0.4, 0.5) is 10.6 Å². The van der Waals surface area contributed by atoms with Gasteiger partial charge in [0.1, 0.15) is 5.82 Å². The molecule has 1 aliphatic heterocycles. The van der Waals surface area contributed by atoms with Gasteiger partial charge in [0.25, 0.3) is 5.56 Å². The largest absolute Gasteiger partial charge is 0.466 e. The minimum atomic E-state index is -0.476. The van der Waals surface area contributed by atoms with Crippen molar-refractivity contribution >= 4 is 17.8 Å². The Bertz CT molecular complexity index is 1240. The lowest BCUT2D eigenvalue weighted by molar-refractivity contribution is -0.143. The summed E-state index contributed by atoms with van der Waals surface area (Å²) in [4.78, 5) is 41.4. The van der Waals surface area contributed by atoms with Crippen LogP contribution in [0.15, 0.2) is 71.5 Å².